The summed E-state index contributed by atoms with van der Waals surface area (Å²) in [4.78, 5) is 26.3. The monoisotopic (exact) mass is 540 g/mol. The Hall–Kier alpha value is -3.53. The molecule has 0 aliphatic heterocycles. The number of hydrogen-bond acceptors (Lipinski definition) is 2. The predicted molar refractivity (Wildman–Crippen MR) is 125 cm³/mol. The van der Waals surface area contributed by atoms with Crippen molar-refractivity contribution in [2.45, 2.75) is 37.7 Å². The van der Waals surface area contributed by atoms with Gasteiger partial charge in [-0.1, -0.05) is 29.8 Å². The Morgan fingerprint density at radius 2 is 1.46 bits per heavy atom. The van der Waals surface area contributed by atoms with E-state index in [4.69, 9.17) is 11.6 Å². The number of benzene rings is 3. The summed E-state index contributed by atoms with van der Waals surface area (Å²) >= 11 is 6.24. The number of nitrogens with one attached hydrogen (secondary N) is 2. The number of rotatable bonds is 5. The van der Waals surface area contributed by atoms with E-state index in [0.29, 0.717) is 12.8 Å². The zero-order valence-electron chi connectivity index (χ0n) is 19.1. The van der Waals surface area contributed by atoms with E-state index < -0.39 is 40.8 Å². The molecule has 2 N–H and O–H groups in total. The van der Waals surface area contributed by atoms with Gasteiger partial charge in [-0.05, 0) is 73.4 Å². The molecule has 0 heterocycles. The van der Waals surface area contributed by atoms with E-state index in [1.807, 2.05) is 0 Å². The summed E-state index contributed by atoms with van der Waals surface area (Å²) < 4.78 is 78.4. The maximum absolute atomic E-state index is 13.3. The highest BCUT2D eigenvalue weighted by atomic mass is 35.5. The molecule has 0 atom stereocenters. The Bertz CT molecular complexity index is 1380. The van der Waals surface area contributed by atoms with Crippen LogP contribution in [0, 0.1) is 6.92 Å². The number of alkyl halides is 6. The zero-order chi connectivity index (χ0) is 27.2. The van der Waals surface area contributed by atoms with Crippen LogP contribution in [0.15, 0.2) is 60.7 Å². The SMILES string of the molecule is Cc1cc(C(F)(F)F)ccc1NC(=O)c1cccc(Cl)c1C(=O)NC1(c2cccc(C(F)(F)F)c2)CC1. The second kappa shape index (κ2) is 9.41. The van der Waals surface area contributed by atoms with Crippen molar-refractivity contribution in [2.24, 2.45) is 0 Å². The third-order valence-corrected chi connectivity index (χ3v) is 6.45. The summed E-state index contributed by atoms with van der Waals surface area (Å²) in [7, 11) is 0. The molecule has 4 nitrogen and oxygen atoms in total. The summed E-state index contributed by atoms with van der Waals surface area (Å²) in [5, 5.41) is 5.14. The molecule has 1 aliphatic carbocycles. The summed E-state index contributed by atoms with van der Waals surface area (Å²) in [5.41, 5.74) is -2.60. The van der Waals surface area contributed by atoms with Crippen molar-refractivity contribution in [1.82, 2.24) is 5.32 Å². The second-order valence-corrected chi connectivity index (χ2v) is 9.17. The van der Waals surface area contributed by atoms with Gasteiger partial charge in [0.2, 0.25) is 0 Å². The molecule has 0 bridgehead atoms. The van der Waals surface area contributed by atoms with Crippen molar-refractivity contribution in [3.63, 3.8) is 0 Å². The van der Waals surface area contributed by atoms with Gasteiger partial charge >= 0.3 is 12.4 Å². The molecule has 0 spiro atoms. The van der Waals surface area contributed by atoms with Crippen molar-refractivity contribution < 1.29 is 35.9 Å². The molecule has 37 heavy (non-hydrogen) atoms. The van der Waals surface area contributed by atoms with E-state index in [9.17, 15) is 35.9 Å². The van der Waals surface area contributed by atoms with Crippen LogP contribution in [-0.4, -0.2) is 11.8 Å². The molecule has 3 aromatic carbocycles. The minimum Gasteiger partial charge on any atom is -0.342 e. The first-order valence-electron chi connectivity index (χ1n) is 11.0. The molecule has 1 fully saturated rings. The number of hydrogen-bond donors (Lipinski definition) is 2. The van der Waals surface area contributed by atoms with Gasteiger partial charge in [0, 0.05) is 5.69 Å². The summed E-state index contributed by atoms with van der Waals surface area (Å²) in [6, 6.07) is 11.6. The highest BCUT2D eigenvalue weighted by Crippen LogP contribution is 2.47. The smallest absolute Gasteiger partial charge is 0.342 e. The van der Waals surface area contributed by atoms with Crippen LogP contribution in [0.4, 0.5) is 32.0 Å². The molecule has 0 aromatic heterocycles. The van der Waals surface area contributed by atoms with Crippen molar-refractivity contribution >= 4 is 29.1 Å². The van der Waals surface area contributed by atoms with E-state index in [0.717, 1.165) is 30.3 Å². The van der Waals surface area contributed by atoms with Gasteiger partial charge in [0.25, 0.3) is 11.8 Å². The molecule has 0 unspecified atom stereocenters. The summed E-state index contributed by atoms with van der Waals surface area (Å²) in [5.74, 6) is -1.56. The predicted octanol–water partition coefficient (Wildman–Crippen LogP) is 7.36. The molecule has 1 aliphatic rings. The van der Waals surface area contributed by atoms with E-state index >= 15 is 0 Å². The molecule has 194 valence electrons. The molecule has 0 saturated heterocycles. The van der Waals surface area contributed by atoms with Gasteiger partial charge in [-0.3, -0.25) is 9.59 Å². The minimum atomic E-state index is -4.56. The first kappa shape index (κ1) is 26.5. The lowest BCUT2D eigenvalue weighted by Crippen LogP contribution is -2.36. The normalized spacial score (nSPS) is 14.7. The molecular weight excluding hydrogens is 522 g/mol. The van der Waals surface area contributed by atoms with Crippen LogP contribution in [0.5, 0.6) is 0 Å². The van der Waals surface area contributed by atoms with Crippen LogP contribution < -0.4 is 10.6 Å². The largest absolute Gasteiger partial charge is 0.416 e. The first-order valence-corrected chi connectivity index (χ1v) is 11.4. The van der Waals surface area contributed by atoms with Crippen LogP contribution in [0.2, 0.25) is 5.02 Å². The Labute approximate surface area is 212 Å². The maximum atomic E-state index is 13.3. The van der Waals surface area contributed by atoms with Gasteiger partial charge in [0.05, 0.1) is 32.8 Å². The van der Waals surface area contributed by atoms with E-state index in [1.165, 1.54) is 37.3 Å². The highest BCUT2D eigenvalue weighted by molar-refractivity contribution is 6.35. The minimum absolute atomic E-state index is 0.0749. The lowest BCUT2D eigenvalue weighted by molar-refractivity contribution is -0.138. The fraction of sp³-hybridized carbons (Fsp3) is 0.231. The molecular formula is C26H19ClF6N2O2. The molecule has 3 aromatic rings. The van der Waals surface area contributed by atoms with E-state index in [1.54, 1.807) is 0 Å². The first-order chi connectivity index (χ1) is 17.2. The highest BCUT2D eigenvalue weighted by Gasteiger charge is 2.47. The van der Waals surface area contributed by atoms with Crippen LogP contribution >= 0.6 is 11.6 Å². The topological polar surface area (TPSA) is 58.2 Å². The summed E-state index contributed by atoms with van der Waals surface area (Å²) in [6.07, 6.45) is -8.34. The quantitative estimate of drug-likeness (QED) is 0.332. The standard InChI is InChI=1S/C26H19ClF6N2O2/c1-14-12-17(26(31,32)33)8-9-20(14)34-22(36)18-6-3-7-19(27)21(18)23(37)35-24(10-11-24)15-4-2-5-16(13-15)25(28,29)30/h2-9,12-13H,10-11H2,1H3,(H,34,36)(H,35,37). The number of halogens is 7. The van der Waals surface area contributed by atoms with Crippen molar-refractivity contribution in [3.8, 4) is 0 Å². The molecule has 0 radical (unpaired) electrons. The van der Waals surface area contributed by atoms with Crippen LogP contribution in [0.1, 0.15) is 55.8 Å². The molecule has 2 amide bonds. The molecule has 11 heteroatoms. The number of amides is 2. The van der Waals surface area contributed by atoms with Crippen molar-refractivity contribution in [1.29, 1.82) is 0 Å². The average molecular weight is 541 g/mol. The van der Waals surface area contributed by atoms with Gasteiger partial charge in [-0.25, -0.2) is 0 Å². The van der Waals surface area contributed by atoms with Crippen LogP contribution in [0.25, 0.3) is 0 Å². The lowest BCUT2D eigenvalue weighted by Gasteiger charge is -2.21. The van der Waals surface area contributed by atoms with Gasteiger partial charge in [-0.15, -0.1) is 0 Å². The summed E-state index contributed by atoms with van der Waals surface area (Å²) in [6.45, 7) is 1.39. The van der Waals surface area contributed by atoms with Gasteiger partial charge in [0.15, 0.2) is 0 Å². The Balaban J connectivity index is 1.60. The third kappa shape index (κ3) is 5.58. The maximum Gasteiger partial charge on any atom is 0.416 e. The Kier molecular flexibility index (Phi) is 6.74. The van der Waals surface area contributed by atoms with Gasteiger partial charge in [-0.2, -0.15) is 26.3 Å². The Morgan fingerprint density at radius 3 is 2.05 bits per heavy atom. The van der Waals surface area contributed by atoms with Gasteiger partial charge < -0.3 is 10.6 Å². The number of aryl methyl sites for hydroxylation is 1. The van der Waals surface area contributed by atoms with E-state index in [-0.39, 0.29) is 33.0 Å². The lowest BCUT2D eigenvalue weighted by atomic mass is 10.00. The molecule has 1 saturated carbocycles. The average Bonchev–Trinajstić information content (AvgIpc) is 3.59. The van der Waals surface area contributed by atoms with Crippen molar-refractivity contribution in [2.75, 3.05) is 5.32 Å². The van der Waals surface area contributed by atoms with E-state index in [2.05, 4.69) is 10.6 Å². The fourth-order valence-electron chi connectivity index (χ4n) is 4.00. The molecule has 4 rings (SSSR count). The second-order valence-electron chi connectivity index (χ2n) is 8.76. The van der Waals surface area contributed by atoms with Crippen molar-refractivity contribution in [3.05, 3.63) is 99.1 Å². The fourth-order valence-corrected chi connectivity index (χ4v) is 4.26. The van der Waals surface area contributed by atoms with Crippen LogP contribution in [-0.2, 0) is 17.9 Å². The number of carbonyl (C=O) groups is 2. The van der Waals surface area contributed by atoms with Crippen LogP contribution in [0.3, 0.4) is 0 Å². The number of anilines is 1. The number of carbonyl (C=O) groups excluding carboxylic acids is 2. The Morgan fingerprint density at radius 1 is 0.838 bits per heavy atom. The third-order valence-electron chi connectivity index (χ3n) is 6.13. The van der Waals surface area contributed by atoms with Gasteiger partial charge in [0.1, 0.15) is 0 Å². The zero-order valence-corrected chi connectivity index (χ0v) is 19.9.